The van der Waals surface area contributed by atoms with Crippen molar-refractivity contribution in [3.8, 4) is 11.5 Å². The number of carboxylic acid groups (broad SMARTS) is 1. The molecule has 0 bridgehead atoms. The highest BCUT2D eigenvalue weighted by Gasteiger charge is 2.27. The van der Waals surface area contributed by atoms with Crippen molar-refractivity contribution in [1.82, 2.24) is 0 Å². The maximum absolute atomic E-state index is 10.8. The molecule has 1 rings (SSSR count). The van der Waals surface area contributed by atoms with Gasteiger partial charge in [0.15, 0.2) is 5.75 Å². The van der Waals surface area contributed by atoms with Crippen molar-refractivity contribution in [2.24, 2.45) is 0 Å². The second kappa shape index (κ2) is 4.28. The Balaban J connectivity index is 3.61. The lowest BCUT2D eigenvalue weighted by molar-refractivity contribution is -0.386. The molecule has 0 radical (unpaired) electrons. The monoisotopic (exact) mass is 241 g/mol. The van der Waals surface area contributed by atoms with Gasteiger partial charge in [0.25, 0.3) is 0 Å². The first-order valence-corrected chi connectivity index (χ1v) is 4.65. The van der Waals surface area contributed by atoms with E-state index in [4.69, 9.17) is 5.11 Å². The van der Waals surface area contributed by atoms with Crippen LogP contribution in [0.3, 0.4) is 0 Å². The fraction of sp³-hybridized carbons (Fsp3) is 0.300. The lowest BCUT2D eigenvalue weighted by atomic mass is 10.0. The quantitative estimate of drug-likeness (QED) is 0.355. The molecule has 0 aliphatic heterocycles. The summed E-state index contributed by atoms with van der Waals surface area (Å²) >= 11 is 0. The van der Waals surface area contributed by atoms with Crippen molar-refractivity contribution in [3.05, 3.63) is 26.8 Å². The van der Waals surface area contributed by atoms with Gasteiger partial charge in [0, 0.05) is 5.56 Å². The van der Waals surface area contributed by atoms with Crippen molar-refractivity contribution in [2.45, 2.75) is 20.8 Å². The molecular formula is C10H11NO6. The normalized spacial score (nSPS) is 10.1. The number of rotatable bonds is 2. The number of phenols is 1. The Morgan fingerprint density at radius 1 is 1.24 bits per heavy atom. The summed E-state index contributed by atoms with van der Waals surface area (Å²) in [6, 6.07) is 0. The highest BCUT2D eigenvalue weighted by Crippen LogP contribution is 2.43. The minimum atomic E-state index is -1.64. The Morgan fingerprint density at radius 2 is 1.76 bits per heavy atom. The number of benzene rings is 1. The highest BCUT2D eigenvalue weighted by molar-refractivity contribution is 5.71. The fourth-order valence-electron chi connectivity index (χ4n) is 1.53. The molecule has 0 atom stereocenters. The van der Waals surface area contributed by atoms with Crippen molar-refractivity contribution in [2.75, 3.05) is 0 Å². The molecule has 0 saturated heterocycles. The van der Waals surface area contributed by atoms with Crippen molar-refractivity contribution < 1.29 is 24.7 Å². The lowest BCUT2D eigenvalue weighted by Gasteiger charge is -2.12. The zero-order valence-electron chi connectivity index (χ0n) is 9.47. The third-order valence-electron chi connectivity index (χ3n) is 2.63. The molecular weight excluding hydrogens is 230 g/mol. The van der Waals surface area contributed by atoms with Crippen LogP contribution >= 0.6 is 0 Å². The number of ether oxygens (including phenoxy) is 1. The van der Waals surface area contributed by atoms with Crippen LogP contribution in [0.2, 0.25) is 0 Å². The number of aromatic hydroxyl groups is 1. The first kappa shape index (κ1) is 12.8. The average molecular weight is 241 g/mol. The Morgan fingerprint density at radius 3 is 2.18 bits per heavy atom. The second-order valence-electron chi connectivity index (χ2n) is 3.53. The minimum Gasteiger partial charge on any atom is -0.499 e. The molecule has 0 aromatic heterocycles. The Bertz CT molecular complexity index is 508. The second-order valence-corrected chi connectivity index (χ2v) is 3.53. The Kier molecular flexibility index (Phi) is 3.21. The Labute approximate surface area is 96.4 Å². The SMILES string of the molecule is Cc1c(C)c(OC(=O)O)c(O)c([N+](=O)[O-])c1C. The summed E-state index contributed by atoms with van der Waals surface area (Å²) in [7, 11) is 0. The first-order chi connectivity index (χ1) is 7.77. The molecule has 0 amide bonds. The molecule has 7 heteroatoms. The van der Waals surface area contributed by atoms with E-state index in [2.05, 4.69) is 4.74 Å². The van der Waals surface area contributed by atoms with Crippen LogP contribution in [-0.4, -0.2) is 21.3 Å². The van der Waals surface area contributed by atoms with Gasteiger partial charge in [0.2, 0.25) is 5.75 Å². The summed E-state index contributed by atoms with van der Waals surface area (Å²) in [4.78, 5) is 20.5. The van der Waals surface area contributed by atoms with Gasteiger partial charge in [0.05, 0.1) is 4.92 Å². The van der Waals surface area contributed by atoms with Gasteiger partial charge in [-0.25, -0.2) is 4.79 Å². The van der Waals surface area contributed by atoms with Crippen LogP contribution in [0.4, 0.5) is 10.5 Å². The van der Waals surface area contributed by atoms with Crippen LogP contribution < -0.4 is 4.74 Å². The van der Waals surface area contributed by atoms with Crippen LogP contribution in [0.1, 0.15) is 16.7 Å². The van der Waals surface area contributed by atoms with E-state index in [1.54, 1.807) is 6.92 Å². The molecule has 0 heterocycles. The number of nitro groups is 1. The molecule has 1 aromatic rings. The number of nitro benzene ring substituents is 1. The Hall–Kier alpha value is -2.31. The number of carbonyl (C=O) groups is 1. The molecule has 92 valence electrons. The average Bonchev–Trinajstić information content (AvgIpc) is 2.21. The maximum Gasteiger partial charge on any atom is 0.511 e. The third-order valence-corrected chi connectivity index (χ3v) is 2.63. The standard InChI is InChI=1S/C10H11NO6/c1-4-5(2)7(11(15)16)8(12)9(6(4)3)17-10(13)14/h12H,1-3H3,(H,13,14). The van der Waals surface area contributed by atoms with E-state index in [9.17, 15) is 20.0 Å². The molecule has 0 spiro atoms. The summed E-state index contributed by atoms with van der Waals surface area (Å²) in [6.45, 7) is 4.58. The molecule has 17 heavy (non-hydrogen) atoms. The number of phenolic OH excluding ortho intramolecular Hbond substituents is 1. The fourth-order valence-corrected chi connectivity index (χ4v) is 1.53. The van der Waals surface area contributed by atoms with E-state index >= 15 is 0 Å². The summed E-state index contributed by atoms with van der Waals surface area (Å²) < 4.78 is 4.36. The van der Waals surface area contributed by atoms with E-state index in [1.165, 1.54) is 13.8 Å². The van der Waals surface area contributed by atoms with E-state index in [1.807, 2.05) is 0 Å². The van der Waals surface area contributed by atoms with Crippen molar-refractivity contribution in [1.29, 1.82) is 0 Å². The molecule has 0 aliphatic carbocycles. The first-order valence-electron chi connectivity index (χ1n) is 4.65. The smallest absolute Gasteiger partial charge is 0.499 e. The largest absolute Gasteiger partial charge is 0.511 e. The van der Waals surface area contributed by atoms with Crippen LogP contribution in [0.5, 0.6) is 11.5 Å². The molecule has 7 nitrogen and oxygen atoms in total. The van der Waals surface area contributed by atoms with Crippen molar-refractivity contribution in [3.63, 3.8) is 0 Å². The summed E-state index contributed by atoms with van der Waals surface area (Å²) in [5, 5.41) is 29.0. The van der Waals surface area contributed by atoms with Gasteiger partial charge in [-0.05, 0) is 31.9 Å². The molecule has 1 aromatic carbocycles. The predicted octanol–water partition coefficient (Wildman–Crippen LogP) is 2.28. The summed E-state index contributed by atoms with van der Waals surface area (Å²) in [5.41, 5.74) is 0.603. The topological polar surface area (TPSA) is 110 Å². The van der Waals surface area contributed by atoms with Crippen molar-refractivity contribution >= 4 is 11.8 Å². The van der Waals surface area contributed by atoms with Gasteiger partial charge in [-0.2, -0.15) is 0 Å². The molecule has 0 unspecified atom stereocenters. The van der Waals surface area contributed by atoms with E-state index in [-0.39, 0.29) is 5.56 Å². The number of nitrogens with zero attached hydrogens (tertiary/aromatic N) is 1. The van der Waals surface area contributed by atoms with Crippen LogP contribution in [0, 0.1) is 30.9 Å². The van der Waals surface area contributed by atoms with Gasteiger partial charge in [0.1, 0.15) is 0 Å². The molecule has 0 fully saturated rings. The predicted molar refractivity (Wildman–Crippen MR) is 57.6 cm³/mol. The van der Waals surface area contributed by atoms with Gasteiger partial charge in [-0.1, -0.05) is 0 Å². The van der Waals surface area contributed by atoms with Gasteiger partial charge >= 0.3 is 11.8 Å². The molecule has 0 aliphatic rings. The zero-order chi connectivity index (χ0) is 13.3. The lowest BCUT2D eigenvalue weighted by Crippen LogP contribution is -2.07. The van der Waals surface area contributed by atoms with Gasteiger partial charge in [-0.3, -0.25) is 10.1 Å². The van der Waals surface area contributed by atoms with Crippen LogP contribution in [0.15, 0.2) is 0 Å². The maximum atomic E-state index is 10.8. The van der Waals surface area contributed by atoms with Crippen LogP contribution in [-0.2, 0) is 0 Å². The van der Waals surface area contributed by atoms with E-state index < -0.39 is 28.3 Å². The van der Waals surface area contributed by atoms with E-state index in [0.717, 1.165) is 0 Å². The number of hydrogen-bond donors (Lipinski definition) is 2. The molecule has 2 N–H and O–H groups in total. The highest BCUT2D eigenvalue weighted by atomic mass is 16.7. The number of hydrogen-bond acceptors (Lipinski definition) is 5. The summed E-state index contributed by atoms with van der Waals surface area (Å²) in [6.07, 6.45) is -1.64. The minimum absolute atomic E-state index is 0.280. The summed E-state index contributed by atoms with van der Waals surface area (Å²) in [5.74, 6) is -1.16. The van der Waals surface area contributed by atoms with Crippen LogP contribution in [0.25, 0.3) is 0 Å². The molecule has 0 saturated carbocycles. The van der Waals surface area contributed by atoms with Gasteiger partial charge in [-0.15, -0.1) is 0 Å². The third kappa shape index (κ3) is 2.12. The zero-order valence-corrected chi connectivity index (χ0v) is 9.47. The van der Waals surface area contributed by atoms with Gasteiger partial charge < -0.3 is 14.9 Å². The van der Waals surface area contributed by atoms with E-state index in [0.29, 0.717) is 11.1 Å².